The van der Waals surface area contributed by atoms with E-state index in [0.29, 0.717) is 17.0 Å². The number of ether oxygens (including phenoxy) is 1. The van der Waals surface area contributed by atoms with Crippen molar-refractivity contribution in [3.8, 4) is 0 Å². The summed E-state index contributed by atoms with van der Waals surface area (Å²) in [6.07, 6.45) is -0.349. The Morgan fingerprint density at radius 2 is 1.88 bits per heavy atom. The van der Waals surface area contributed by atoms with E-state index >= 15 is 0 Å². The van der Waals surface area contributed by atoms with Crippen LogP contribution in [0.2, 0.25) is 10.0 Å². The molecule has 0 amide bonds. The first-order valence-electron chi connectivity index (χ1n) is 7.78. The summed E-state index contributed by atoms with van der Waals surface area (Å²) in [4.78, 5) is 28.8. The molecule has 25 heavy (non-hydrogen) atoms. The molecular weight excluding hydrogens is 365 g/mol. The average Bonchev–Trinajstić information content (AvgIpc) is 2.47. The van der Waals surface area contributed by atoms with E-state index in [1.807, 2.05) is 0 Å². The lowest BCUT2D eigenvalue weighted by Gasteiger charge is -2.31. The van der Waals surface area contributed by atoms with Gasteiger partial charge in [0.05, 0.1) is 21.7 Å². The average molecular weight is 384 g/mol. The van der Waals surface area contributed by atoms with Gasteiger partial charge in [-0.1, -0.05) is 35.3 Å². The smallest absolute Gasteiger partial charge is 0.336 e. The Hall–Kier alpha value is -1.85. The molecule has 5 nitrogen and oxygen atoms in total. The monoisotopic (exact) mass is 383 g/mol. The fourth-order valence-corrected chi connectivity index (χ4v) is 3.42. The van der Waals surface area contributed by atoms with Crippen LogP contribution in [0.3, 0.4) is 0 Å². The minimum Gasteiger partial charge on any atom is -0.481 e. The van der Waals surface area contributed by atoms with Gasteiger partial charge < -0.3 is 9.84 Å². The first-order chi connectivity index (χ1) is 11.6. The van der Waals surface area contributed by atoms with Gasteiger partial charge in [0.25, 0.3) is 0 Å². The number of carboxylic acid groups (broad SMARTS) is 1. The van der Waals surface area contributed by atoms with E-state index in [2.05, 4.69) is 4.99 Å². The Morgan fingerprint density at radius 1 is 1.24 bits per heavy atom. The van der Waals surface area contributed by atoms with Crippen LogP contribution in [0, 0.1) is 5.92 Å². The SMILES string of the molecule is CC1=NC(C)=C(C(=O)OC(C)C)C(c2cccc(Cl)c2Cl)C1C(=O)O. The Kier molecular flexibility index (Phi) is 5.91. The zero-order valence-electron chi connectivity index (χ0n) is 14.3. The topological polar surface area (TPSA) is 76.0 Å². The van der Waals surface area contributed by atoms with Gasteiger partial charge in [-0.2, -0.15) is 0 Å². The Morgan fingerprint density at radius 3 is 2.44 bits per heavy atom. The van der Waals surface area contributed by atoms with E-state index < -0.39 is 23.8 Å². The minimum absolute atomic E-state index is 0.191. The molecule has 1 N–H and O–H groups in total. The molecule has 1 aromatic rings. The van der Waals surface area contributed by atoms with Crippen LogP contribution in [-0.4, -0.2) is 28.9 Å². The number of aliphatic carboxylic acids is 1. The maximum Gasteiger partial charge on any atom is 0.336 e. The van der Waals surface area contributed by atoms with E-state index in [4.69, 9.17) is 27.9 Å². The third-order valence-electron chi connectivity index (χ3n) is 3.97. The Labute approximate surface area is 156 Å². The third-order valence-corrected chi connectivity index (χ3v) is 4.81. The summed E-state index contributed by atoms with van der Waals surface area (Å²) in [6, 6.07) is 4.95. The van der Waals surface area contributed by atoms with Crippen molar-refractivity contribution >= 4 is 40.9 Å². The molecule has 0 spiro atoms. The number of hydrogen-bond acceptors (Lipinski definition) is 4. The van der Waals surface area contributed by atoms with Gasteiger partial charge in [0, 0.05) is 17.3 Å². The lowest BCUT2D eigenvalue weighted by Crippen LogP contribution is -2.36. The molecule has 0 aromatic heterocycles. The highest BCUT2D eigenvalue weighted by molar-refractivity contribution is 6.42. The molecule has 1 heterocycles. The summed E-state index contributed by atoms with van der Waals surface area (Å²) >= 11 is 12.4. The van der Waals surface area contributed by atoms with Crippen molar-refractivity contribution in [1.29, 1.82) is 0 Å². The normalized spacial score (nSPS) is 20.5. The molecule has 0 bridgehead atoms. The molecular formula is C18H19Cl2NO4. The number of benzene rings is 1. The lowest BCUT2D eigenvalue weighted by atomic mass is 9.75. The Bertz CT molecular complexity index is 783. The predicted molar refractivity (Wildman–Crippen MR) is 97.4 cm³/mol. The number of halogens is 2. The van der Waals surface area contributed by atoms with Crippen LogP contribution in [0.4, 0.5) is 0 Å². The maximum atomic E-state index is 12.7. The second kappa shape index (κ2) is 7.58. The molecule has 2 atom stereocenters. The second-order valence-corrected chi connectivity index (χ2v) is 6.93. The highest BCUT2D eigenvalue weighted by atomic mass is 35.5. The van der Waals surface area contributed by atoms with Crippen molar-refractivity contribution in [2.75, 3.05) is 0 Å². The van der Waals surface area contributed by atoms with Crippen LogP contribution in [0.15, 0.2) is 34.5 Å². The van der Waals surface area contributed by atoms with Crippen LogP contribution in [0.5, 0.6) is 0 Å². The molecule has 1 aromatic carbocycles. The van der Waals surface area contributed by atoms with E-state index in [9.17, 15) is 14.7 Å². The number of rotatable bonds is 4. The first-order valence-corrected chi connectivity index (χ1v) is 8.54. The van der Waals surface area contributed by atoms with Crippen LogP contribution in [0.1, 0.15) is 39.2 Å². The number of carbonyl (C=O) groups is 2. The molecule has 0 saturated heterocycles. The van der Waals surface area contributed by atoms with E-state index in [-0.39, 0.29) is 21.7 Å². The minimum atomic E-state index is -1.09. The summed E-state index contributed by atoms with van der Waals surface area (Å²) in [5, 5.41) is 10.2. The standard InChI is InChI=1S/C18H19Cl2NO4/c1-8(2)25-18(24)14-10(4)21-9(3)13(17(22)23)15(14)11-6-5-7-12(19)16(11)20/h5-8,13,15H,1-4H3,(H,22,23). The van der Waals surface area contributed by atoms with E-state index in [1.54, 1.807) is 45.9 Å². The molecule has 0 radical (unpaired) electrons. The fourth-order valence-electron chi connectivity index (χ4n) is 3.00. The number of hydrogen-bond donors (Lipinski definition) is 1. The van der Waals surface area contributed by atoms with Crippen molar-refractivity contribution in [3.05, 3.63) is 45.1 Å². The maximum absolute atomic E-state index is 12.7. The van der Waals surface area contributed by atoms with Crippen molar-refractivity contribution in [1.82, 2.24) is 0 Å². The van der Waals surface area contributed by atoms with Gasteiger partial charge in [0.15, 0.2) is 0 Å². The summed E-state index contributed by atoms with van der Waals surface area (Å²) in [5.41, 5.74) is 1.47. The van der Waals surface area contributed by atoms with Gasteiger partial charge in [-0.15, -0.1) is 0 Å². The predicted octanol–water partition coefficient (Wildman–Crippen LogP) is 4.48. The van der Waals surface area contributed by atoms with Gasteiger partial charge in [-0.05, 0) is 39.3 Å². The zero-order valence-corrected chi connectivity index (χ0v) is 15.9. The number of nitrogens with zero attached hydrogens (tertiary/aromatic N) is 1. The fraction of sp³-hybridized carbons (Fsp3) is 0.389. The van der Waals surface area contributed by atoms with Gasteiger partial charge in [-0.25, -0.2) is 4.79 Å². The highest BCUT2D eigenvalue weighted by Crippen LogP contribution is 2.43. The molecule has 2 rings (SSSR count). The van der Waals surface area contributed by atoms with Crippen molar-refractivity contribution in [2.24, 2.45) is 10.9 Å². The van der Waals surface area contributed by atoms with Gasteiger partial charge >= 0.3 is 11.9 Å². The van der Waals surface area contributed by atoms with Crippen molar-refractivity contribution < 1.29 is 19.4 Å². The second-order valence-electron chi connectivity index (χ2n) is 6.14. The number of carboxylic acids is 1. The molecule has 2 unspecified atom stereocenters. The number of aliphatic imine (C=N–C) groups is 1. The molecule has 1 aliphatic heterocycles. The van der Waals surface area contributed by atoms with Crippen molar-refractivity contribution in [2.45, 2.75) is 39.7 Å². The van der Waals surface area contributed by atoms with Gasteiger partial charge in [0.2, 0.25) is 0 Å². The Balaban J connectivity index is 2.70. The summed E-state index contributed by atoms with van der Waals surface area (Å²) < 4.78 is 5.31. The number of carbonyl (C=O) groups excluding carboxylic acids is 1. The van der Waals surface area contributed by atoms with E-state index in [1.165, 1.54) is 0 Å². The largest absolute Gasteiger partial charge is 0.481 e. The molecule has 134 valence electrons. The zero-order chi connectivity index (χ0) is 18.9. The van der Waals surface area contributed by atoms with Gasteiger partial charge in [-0.3, -0.25) is 9.79 Å². The number of allylic oxidation sites excluding steroid dienone is 1. The van der Waals surface area contributed by atoms with Crippen LogP contribution in [-0.2, 0) is 14.3 Å². The third kappa shape index (κ3) is 3.88. The van der Waals surface area contributed by atoms with Crippen LogP contribution < -0.4 is 0 Å². The summed E-state index contributed by atoms with van der Waals surface area (Å²) in [6.45, 7) is 6.73. The molecule has 0 saturated carbocycles. The van der Waals surface area contributed by atoms with Crippen molar-refractivity contribution in [3.63, 3.8) is 0 Å². The quantitative estimate of drug-likeness (QED) is 0.777. The highest BCUT2D eigenvalue weighted by Gasteiger charge is 2.42. The van der Waals surface area contributed by atoms with Gasteiger partial charge in [0.1, 0.15) is 5.92 Å². The number of esters is 1. The molecule has 1 aliphatic rings. The lowest BCUT2D eigenvalue weighted by molar-refractivity contribution is -0.143. The first kappa shape index (κ1) is 19.5. The summed E-state index contributed by atoms with van der Waals surface area (Å²) in [5.74, 6) is -3.55. The summed E-state index contributed by atoms with van der Waals surface area (Å²) in [7, 11) is 0. The van der Waals surface area contributed by atoms with Crippen LogP contribution >= 0.6 is 23.2 Å². The van der Waals surface area contributed by atoms with E-state index in [0.717, 1.165) is 0 Å². The molecule has 0 fully saturated rings. The molecule has 7 heteroatoms. The van der Waals surface area contributed by atoms with Crippen LogP contribution in [0.25, 0.3) is 0 Å². The molecule has 0 aliphatic carbocycles.